The molecule has 0 saturated carbocycles. The first-order chi connectivity index (χ1) is 16.2. The number of H-pyrrole nitrogens is 1. The van der Waals surface area contributed by atoms with Crippen LogP contribution in [0.3, 0.4) is 0 Å². The summed E-state index contributed by atoms with van der Waals surface area (Å²) in [6, 6.07) is 7.84. The Morgan fingerprint density at radius 3 is 2.65 bits per heavy atom. The van der Waals surface area contributed by atoms with Gasteiger partial charge in [-0.05, 0) is 31.9 Å². The van der Waals surface area contributed by atoms with Gasteiger partial charge in [0.15, 0.2) is 6.10 Å². The number of ether oxygens (including phenoxy) is 2. The number of hydrogen-bond donors (Lipinski definition) is 3. The van der Waals surface area contributed by atoms with Crippen molar-refractivity contribution in [3.8, 4) is 6.07 Å². The predicted octanol–water partition coefficient (Wildman–Crippen LogP) is 1.63. The Bertz CT molecular complexity index is 1140. The van der Waals surface area contributed by atoms with Gasteiger partial charge in [0.05, 0.1) is 22.5 Å². The number of carbonyl (C=O) groups excluding carboxylic acids is 4. The fourth-order valence-corrected chi connectivity index (χ4v) is 3.20. The zero-order valence-electron chi connectivity index (χ0n) is 18.9. The molecule has 0 unspecified atom stereocenters. The van der Waals surface area contributed by atoms with Crippen molar-refractivity contribution in [2.75, 3.05) is 0 Å². The van der Waals surface area contributed by atoms with Crippen LogP contribution in [0.15, 0.2) is 30.5 Å². The third-order valence-corrected chi connectivity index (χ3v) is 4.71. The molecule has 34 heavy (non-hydrogen) atoms. The maximum absolute atomic E-state index is 13.1. The average Bonchev–Trinajstić information content (AvgIpc) is 3.18. The fraction of sp³-hybridized carbons (Fsp3) is 0.391. The predicted molar refractivity (Wildman–Crippen MR) is 119 cm³/mol. The minimum absolute atomic E-state index is 0.0105. The summed E-state index contributed by atoms with van der Waals surface area (Å²) < 4.78 is 10.4. The molecule has 3 N–H and O–H groups in total. The number of rotatable bonds is 12. The van der Waals surface area contributed by atoms with Crippen molar-refractivity contribution in [3.63, 3.8) is 0 Å². The molecule has 1 aromatic heterocycles. The molecule has 2 aromatic rings. The van der Waals surface area contributed by atoms with Crippen LogP contribution in [0, 0.1) is 16.9 Å². The maximum Gasteiger partial charge on any atom is 0.372 e. The second kappa shape index (κ2) is 12.7. The van der Waals surface area contributed by atoms with Gasteiger partial charge in [-0.15, -0.1) is 0 Å². The quantitative estimate of drug-likeness (QED) is 0.183. The molecule has 11 heteroatoms. The molecule has 1 heterocycles. The van der Waals surface area contributed by atoms with E-state index in [4.69, 9.17) is 20.3 Å². The Balaban J connectivity index is 2.25. The number of Topliss-reactive ketones (excluding diaryl/α,β-unsaturated/α-hetero) is 1. The number of para-hydroxylation sites is 1. The topological polar surface area (TPSA) is 176 Å². The van der Waals surface area contributed by atoms with Crippen molar-refractivity contribution in [2.24, 2.45) is 0 Å². The number of nitrogens with zero attached hydrogens (tertiary/aromatic N) is 2. The van der Waals surface area contributed by atoms with E-state index in [1.165, 1.54) is 0 Å². The summed E-state index contributed by atoms with van der Waals surface area (Å²) in [5.74, 6) is -2.91. The van der Waals surface area contributed by atoms with E-state index in [2.05, 4.69) is 15.1 Å². The van der Waals surface area contributed by atoms with Crippen molar-refractivity contribution in [2.45, 2.75) is 57.8 Å². The van der Waals surface area contributed by atoms with Crippen molar-refractivity contribution < 1.29 is 33.4 Å². The standard InChI is InChI=1S/C23H25N5O6/c1-14(2)33-23(32)19(8-7-16(29)13-27-25)28-22(31)20(34-21(30)9-10-24)11-15-12-26-18-6-4-3-5-17(15)18/h3-6,12-14,19-20,25-26H,7-9,11H2,1-2H3/p+1/t19-,20-/m0/s1. The smallest absolute Gasteiger partial charge is 0.372 e. The van der Waals surface area contributed by atoms with Crippen LogP contribution in [0.4, 0.5) is 0 Å². The van der Waals surface area contributed by atoms with E-state index in [9.17, 15) is 19.2 Å². The molecular weight excluding hydrogens is 442 g/mol. The van der Waals surface area contributed by atoms with E-state index in [1.54, 1.807) is 26.1 Å². The minimum Gasteiger partial charge on any atom is -0.461 e. The number of nitrogens with one attached hydrogen (secondary N) is 3. The van der Waals surface area contributed by atoms with Crippen LogP contribution in [-0.4, -0.2) is 57.9 Å². The first-order valence-corrected chi connectivity index (χ1v) is 10.6. The molecule has 0 aliphatic heterocycles. The maximum atomic E-state index is 13.1. The number of carbonyl (C=O) groups is 4. The van der Waals surface area contributed by atoms with Crippen LogP contribution in [0.25, 0.3) is 10.9 Å². The molecule has 0 saturated heterocycles. The second-order valence-electron chi connectivity index (χ2n) is 7.69. The van der Waals surface area contributed by atoms with Gasteiger partial charge >= 0.3 is 18.2 Å². The highest BCUT2D eigenvalue weighted by Gasteiger charge is 2.30. The van der Waals surface area contributed by atoms with Gasteiger partial charge in [-0.25, -0.2) is 4.79 Å². The first kappa shape index (κ1) is 26.0. The molecule has 0 aliphatic rings. The summed E-state index contributed by atoms with van der Waals surface area (Å²) in [7, 11) is 0. The van der Waals surface area contributed by atoms with Gasteiger partial charge in [0.2, 0.25) is 5.78 Å². The number of nitriles is 1. The second-order valence-corrected chi connectivity index (χ2v) is 7.69. The third-order valence-electron chi connectivity index (χ3n) is 4.71. The van der Waals surface area contributed by atoms with E-state index in [0.717, 1.165) is 17.1 Å². The molecule has 2 atom stereocenters. The molecule has 2 rings (SSSR count). The van der Waals surface area contributed by atoms with E-state index in [1.807, 2.05) is 24.3 Å². The van der Waals surface area contributed by atoms with Crippen LogP contribution in [-0.2, 0) is 35.1 Å². The van der Waals surface area contributed by atoms with Crippen molar-refractivity contribution in [1.29, 1.82) is 10.8 Å². The van der Waals surface area contributed by atoms with Gasteiger partial charge in [0.1, 0.15) is 12.5 Å². The largest absolute Gasteiger partial charge is 0.461 e. The lowest BCUT2D eigenvalue weighted by Crippen LogP contribution is -2.48. The SMILES string of the molecule is CC(C)OC(=O)[C@H](CCC(=O)C=[N+]=N)NC(=O)[C@H](Cc1c[nH]c2ccccc12)OC(=O)CC#N. The summed E-state index contributed by atoms with van der Waals surface area (Å²) in [4.78, 5) is 55.3. The highest BCUT2D eigenvalue weighted by atomic mass is 16.6. The Kier molecular flexibility index (Phi) is 9.68. The number of fused-ring (bicyclic) bond motifs is 1. The molecule has 0 bridgehead atoms. The average molecular weight is 468 g/mol. The molecule has 0 radical (unpaired) electrons. The summed E-state index contributed by atoms with van der Waals surface area (Å²) >= 11 is 0. The van der Waals surface area contributed by atoms with Crippen molar-refractivity contribution in [3.05, 3.63) is 36.0 Å². The molecule has 178 valence electrons. The molecule has 1 aromatic carbocycles. The lowest BCUT2D eigenvalue weighted by molar-refractivity contribution is -0.157. The summed E-state index contributed by atoms with van der Waals surface area (Å²) in [6.07, 6.45) is -0.132. The number of hydrogen-bond acceptors (Lipinski definition) is 8. The highest BCUT2D eigenvalue weighted by molar-refractivity contribution is 6.25. The van der Waals surface area contributed by atoms with Crippen LogP contribution >= 0.6 is 0 Å². The van der Waals surface area contributed by atoms with Gasteiger partial charge in [-0.2, -0.15) is 5.26 Å². The van der Waals surface area contributed by atoms with Gasteiger partial charge < -0.3 is 19.8 Å². The number of benzene rings is 1. The lowest BCUT2D eigenvalue weighted by atomic mass is 10.0. The van der Waals surface area contributed by atoms with Crippen LogP contribution in [0.2, 0.25) is 0 Å². The van der Waals surface area contributed by atoms with Crippen molar-refractivity contribution in [1.82, 2.24) is 10.3 Å². The zero-order valence-corrected chi connectivity index (χ0v) is 18.9. The highest BCUT2D eigenvalue weighted by Crippen LogP contribution is 2.20. The molecule has 0 fully saturated rings. The van der Waals surface area contributed by atoms with Crippen LogP contribution in [0.1, 0.15) is 38.7 Å². The summed E-state index contributed by atoms with van der Waals surface area (Å²) in [6.45, 7) is 3.27. The van der Waals surface area contributed by atoms with Crippen molar-refractivity contribution >= 4 is 40.7 Å². The summed E-state index contributed by atoms with van der Waals surface area (Å²) in [5.41, 5.74) is 8.25. The molecule has 11 nitrogen and oxygen atoms in total. The summed E-state index contributed by atoms with van der Waals surface area (Å²) in [5, 5.41) is 12.1. The third kappa shape index (κ3) is 7.69. The fourth-order valence-electron chi connectivity index (χ4n) is 3.20. The normalized spacial score (nSPS) is 12.2. The number of aromatic nitrogens is 1. The Morgan fingerprint density at radius 1 is 1.24 bits per heavy atom. The number of aromatic amines is 1. The van der Waals surface area contributed by atoms with Gasteiger partial charge in [-0.1, -0.05) is 18.2 Å². The molecule has 0 spiro atoms. The zero-order chi connectivity index (χ0) is 25.1. The van der Waals surface area contributed by atoms with E-state index in [0.29, 0.717) is 5.56 Å². The monoisotopic (exact) mass is 468 g/mol. The lowest BCUT2D eigenvalue weighted by Gasteiger charge is -2.22. The Hall–Kier alpha value is -4.29. The number of esters is 2. The minimum atomic E-state index is -1.33. The van der Waals surface area contributed by atoms with E-state index in [-0.39, 0.29) is 19.3 Å². The van der Waals surface area contributed by atoms with Gasteiger partial charge in [-0.3, -0.25) is 14.4 Å². The molecular formula is C23H26N5O6+. The Labute approximate surface area is 195 Å². The Morgan fingerprint density at radius 2 is 1.97 bits per heavy atom. The van der Waals surface area contributed by atoms with Gasteiger partial charge in [0, 0.05) is 29.9 Å². The molecule has 1 amide bonds. The number of ketones is 1. The first-order valence-electron chi connectivity index (χ1n) is 10.6. The van der Waals surface area contributed by atoms with Crippen LogP contribution < -0.4 is 5.32 Å². The van der Waals surface area contributed by atoms with Gasteiger partial charge in [0.25, 0.3) is 5.91 Å². The molecule has 0 aliphatic carbocycles. The van der Waals surface area contributed by atoms with Crippen LogP contribution in [0.5, 0.6) is 0 Å². The van der Waals surface area contributed by atoms with E-state index < -0.39 is 48.3 Å². The van der Waals surface area contributed by atoms with E-state index >= 15 is 0 Å². The number of amides is 1.